The van der Waals surface area contributed by atoms with Gasteiger partial charge in [0, 0.05) is 5.39 Å². The van der Waals surface area contributed by atoms with Gasteiger partial charge in [0.2, 0.25) is 0 Å². The van der Waals surface area contributed by atoms with Crippen molar-refractivity contribution in [2.75, 3.05) is 0 Å². The molecule has 0 atom stereocenters. The summed E-state index contributed by atoms with van der Waals surface area (Å²) < 4.78 is 1.83. The Morgan fingerprint density at radius 3 is 2.67 bits per heavy atom. The first-order valence-electron chi connectivity index (χ1n) is 5.46. The molecule has 0 radical (unpaired) electrons. The van der Waals surface area contributed by atoms with Crippen LogP contribution < -0.4 is 0 Å². The van der Waals surface area contributed by atoms with Gasteiger partial charge in [-0.15, -0.1) is 0 Å². The smallest absolute Gasteiger partial charge is 0.158 e. The number of hydrogen-bond acceptors (Lipinski definition) is 2. The van der Waals surface area contributed by atoms with Crippen LogP contribution in [-0.4, -0.2) is 14.8 Å². The van der Waals surface area contributed by atoms with Crippen molar-refractivity contribution in [1.82, 2.24) is 14.8 Å². The second-order valence-electron chi connectivity index (χ2n) is 3.92. The second-order valence-corrected chi connectivity index (χ2v) is 4.66. The number of aromatic nitrogens is 3. The van der Waals surface area contributed by atoms with Crippen LogP contribution in [0.4, 0.5) is 0 Å². The molecule has 0 spiro atoms. The first-order chi connectivity index (χ1) is 8.74. The lowest BCUT2D eigenvalue weighted by molar-refractivity contribution is 0.697. The van der Waals surface area contributed by atoms with Crippen molar-refractivity contribution in [2.24, 2.45) is 0 Å². The summed E-state index contributed by atoms with van der Waals surface area (Å²) in [6, 6.07) is 13.4. The molecule has 90 valence electrons. The van der Waals surface area contributed by atoms with Gasteiger partial charge in [-0.05, 0) is 24.3 Å². The summed E-state index contributed by atoms with van der Waals surface area (Å²) in [5.41, 5.74) is 1.84. The normalized spacial score (nSPS) is 11.0. The molecule has 0 aliphatic rings. The van der Waals surface area contributed by atoms with E-state index in [0.29, 0.717) is 16.9 Å². The lowest BCUT2D eigenvalue weighted by Gasteiger charge is -2.03. The van der Waals surface area contributed by atoms with E-state index in [4.69, 9.17) is 23.2 Å². The van der Waals surface area contributed by atoms with Gasteiger partial charge in [0.05, 0.1) is 17.8 Å². The van der Waals surface area contributed by atoms with E-state index in [-0.39, 0.29) is 0 Å². The topological polar surface area (TPSA) is 30.7 Å². The Labute approximate surface area is 114 Å². The van der Waals surface area contributed by atoms with E-state index in [9.17, 15) is 0 Å². The standard InChI is InChI=1S/C13H9Cl2N3/c14-12-7-3-4-9(16-12)8-18-11-6-2-1-5-10(11)13(15)17-18/h1-7H,8H2. The summed E-state index contributed by atoms with van der Waals surface area (Å²) in [5.74, 6) is 0. The first-order valence-corrected chi connectivity index (χ1v) is 6.22. The molecule has 0 bridgehead atoms. The summed E-state index contributed by atoms with van der Waals surface area (Å²) in [6.45, 7) is 0.549. The molecule has 0 N–H and O–H groups in total. The average Bonchev–Trinajstić information content (AvgIpc) is 2.67. The largest absolute Gasteiger partial charge is 0.257 e. The third-order valence-corrected chi connectivity index (χ3v) is 3.19. The van der Waals surface area contributed by atoms with E-state index in [1.807, 2.05) is 41.1 Å². The third kappa shape index (κ3) is 2.07. The lowest BCUT2D eigenvalue weighted by atomic mass is 10.2. The molecule has 3 aromatic rings. The summed E-state index contributed by atoms with van der Waals surface area (Å²) in [6.07, 6.45) is 0. The van der Waals surface area contributed by atoms with Gasteiger partial charge in [0.1, 0.15) is 5.15 Å². The molecule has 3 nitrogen and oxygen atoms in total. The highest BCUT2D eigenvalue weighted by molar-refractivity contribution is 6.34. The minimum absolute atomic E-state index is 0.482. The Morgan fingerprint density at radius 1 is 1.00 bits per heavy atom. The van der Waals surface area contributed by atoms with Gasteiger partial charge in [-0.2, -0.15) is 5.10 Å². The number of hydrogen-bond donors (Lipinski definition) is 0. The van der Waals surface area contributed by atoms with Crippen molar-refractivity contribution in [1.29, 1.82) is 0 Å². The van der Waals surface area contributed by atoms with Crippen molar-refractivity contribution in [3.63, 3.8) is 0 Å². The fourth-order valence-electron chi connectivity index (χ4n) is 1.90. The van der Waals surface area contributed by atoms with Crippen LogP contribution in [0.25, 0.3) is 10.9 Å². The molecule has 0 saturated heterocycles. The van der Waals surface area contributed by atoms with E-state index in [0.717, 1.165) is 16.6 Å². The predicted octanol–water partition coefficient (Wildman–Crippen LogP) is 3.79. The van der Waals surface area contributed by atoms with Crippen LogP contribution in [0.2, 0.25) is 10.3 Å². The van der Waals surface area contributed by atoms with Crippen LogP contribution in [0, 0.1) is 0 Å². The molecular formula is C13H9Cl2N3. The maximum Gasteiger partial charge on any atom is 0.158 e. The molecule has 0 amide bonds. The van der Waals surface area contributed by atoms with E-state index in [1.54, 1.807) is 6.07 Å². The highest BCUT2D eigenvalue weighted by Gasteiger charge is 2.08. The Bertz CT molecular complexity index is 706. The van der Waals surface area contributed by atoms with E-state index in [2.05, 4.69) is 10.1 Å². The van der Waals surface area contributed by atoms with Crippen LogP contribution >= 0.6 is 23.2 Å². The zero-order valence-corrected chi connectivity index (χ0v) is 10.9. The Morgan fingerprint density at radius 2 is 1.83 bits per heavy atom. The van der Waals surface area contributed by atoms with Gasteiger partial charge in [0.25, 0.3) is 0 Å². The molecule has 0 saturated carbocycles. The highest BCUT2D eigenvalue weighted by Crippen LogP contribution is 2.22. The summed E-state index contributed by atoms with van der Waals surface area (Å²) in [5, 5.41) is 6.25. The number of fused-ring (bicyclic) bond motifs is 1. The number of para-hydroxylation sites is 1. The molecule has 0 unspecified atom stereocenters. The molecule has 2 aromatic heterocycles. The SMILES string of the molecule is Clc1cccc(Cn2nc(Cl)c3ccccc32)n1. The molecule has 0 fully saturated rings. The van der Waals surface area contributed by atoms with Gasteiger partial charge in [0.15, 0.2) is 5.15 Å². The molecule has 5 heteroatoms. The van der Waals surface area contributed by atoms with Crippen molar-refractivity contribution in [2.45, 2.75) is 6.54 Å². The predicted molar refractivity (Wildman–Crippen MR) is 73.1 cm³/mol. The molecule has 3 rings (SSSR count). The molecule has 2 heterocycles. The summed E-state index contributed by atoms with van der Waals surface area (Å²) >= 11 is 12.0. The molecule has 1 aromatic carbocycles. The fourth-order valence-corrected chi connectivity index (χ4v) is 2.33. The third-order valence-electron chi connectivity index (χ3n) is 2.70. The van der Waals surface area contributed by atoms with Gasteiger partial charge >= 0.3 is 0 Å². The maximum absolute atomic E-state index is 6.10. The molecular weight excluding hydrogens is 269 g/mol. The van der Waals surface area contributed by atoms with Crippen molar-refractivity contribution >= 4 is 34.1 Å². The van der Waals surface area contributed by atoms with Crippen LogP contribution in [0.15, 0.2) is 42.5 Å². The Hall–Kier alpha value is -1.58. The minimum atomic E-state index is 0.482. The maximum atomic E-state index is 6.10. The molecule has 18 heavy (non-hydrogen) atoms. The summed E-state index contributed by atoms with van der Waals surface area (Å²) in [7, 11) is 0. The van der Waals surface area contributed by atoms with E-state index >= 15 is 0 Å². The number of pyridine rings is 1. The molecule has 0 aliphatic carbocycles. The van der Waals surface area contributed by atoms with E-state index < -0.39 is 0 Å². The summed E-state index contributed by atoms with van der Waals surface area (Å²) in [4.78, 5) is 4.25. The van der Waals surface area contributed by atoms with Crippen LogP contribution in [0.1, 0.15) is 5.69 Å². The zero-order valence-electron chi connectivity index (χ0n) is 9.35. The average molecular weight is 278 g/mol. The first kappa shape index (κ1) is 11.5. The van der Waals surface area contributed by atoms with Crippen molar-refractivity contribution < 1.29 is 0 Å². The van der Waals surface area contributed by atoms with Crippen molar-refractivity contribution in [3.05, 3.63) is 58.5 Å². The Kier molecular flexibility index (Phi) is 2.94. The number of benzene rings is 1. The number of rotatable bonds is 2. The monoisotopic (exact) mass is 277 g/mol. The molecule has 0 aliphatic heterocycles. The van der Waals surface area contributed by atoms with Crippen molar-refractivity contribution in [3.8, 4) is 0 Å². The van der Waals surface area contributed by atoms with Crippen LogP contribution in [0.5, 0.6) is 0 Å². The number of halogens is 2. The van der Waals surface area contributed by atoms with Gasteiger partial charge in [-0.3, -0.25) is 4.68 Å². The fraction of sp³-hybridized carbons (Fsp3) is 0.0769. The zero-order chi connectivity index (χ0) is 12.5. The second kappa shape index (κ2) is 4.59. The van der Waals surface area contributed by atoms with Crippen LogP contribution in [-0.2, 0) is 6.54 Å². The van der Waals surface area contributed by atoms with E-state index in [1.165, 1.54) is 0 Å². The van der Waals surface area contributed by atoms with Crippen LogP contribution in [0.3, 0.4) is 0 Å². The number of nitrogens with zero attached hydrogens (tertiary/aromatic N) is 3. The lowest BCUT2D eigenvalue weighted by Crippen LogP contribution is -2.03. The Balaban J connectivity index is 2.05. The quantitative estimate of drug-likeness (QED) is 0.668. The van der Waals surface area contributed by atoms with Gasteiger partial charge in [-0.1, -0.05) is 41.4 Å². The van der Waals surface area contributed by atoms with Gasteiger partial charge < -0.3 is 0 Å². The highest BCUT2D eigenvalue weighted by atomic mass is 35.5. The van der Waals surface area contributed by atoms with Gasteiger partial charge in [-0.25, -0.2) is 4.98 Å². The minimum Gasteiger partial charge on any atom is -0.257 e.